The average Bonchev–Trinajstić information content (AvgIpc) is 2.82. The number of thioether (sulfide) groups is 1. The van der Waals surface area contributed by atoms with Crippen LogP contribution >= 0.6 is 11.8 Å². The fourth-order valence-electron chi connectivity index (χ4n) is 2.19. The van der Waals surface area contributed by atoms with Crippen molar-refractivity contribution in [1.82, 2.24) is 15.3 Å². The molecule has 2 aliphatic heterocycles. The van der Waals surface area contributed by atoms with Gasteiger partial charge in [0.05, 0.1) is 5.25 Å². The van der Waals surface area contributed by atoms with Crippen LogP contribution in [0.3, 0.4) is 0 Å². The van der Waals surface area contributed by atoms with E-state index in [1.165, 1.54) is 29.9 Å². The lowest BCUT2D eigenvalue weighted by Crippen LogP contribution is -2.25. The van der Waals surface area contributed by atoms with E-state index in [0.29, 0.717) is 5.25 Å². The van der Waals surface area contributed by atoms with Crippen LogP contribution in [0.1, 0.15) is 35.2 Å². The van der Waals surface area contributed by atoms with E-state index in [-0.39, 0.29) is 0 Å². The first-order valence-electron chi connectivity index (χ1n) is 5.60. The molecule has 3 heterocycles. The summed E-state index contributed by atoms with van der Waals surface area (Å²) in [5, 5.41) is 3.91. The van der Waals surface area contributed by atoms with E-state index in [2.05, 4.69) is 10.3 Å². The molecule has 0 amide bonds. The number of hydrogen-bond donors (Lipinski definition) is 1. The predicted molar refractivity (Wildman–Crippen MR) is 61.9 cm³/mol. The van der Waals surface area contributed by atoms with Crippen molar-refractivity contribution in [2.45, 2.75) is 31.1 Å². The van der Waals surface area contributed by atoms with Gasteiger partial charge in [-0.05, 0) is 18.6 Å². The summed E-state index contributed by atoms with van der Waals surface area (Å²) in [6, 6.07) is 0. The molecule has 0 radical (unpaired) electrons. The van der Waals surface area contributed by atoms with Gasteiger partial charge < -0.3 is 5.32 Å². The van der Waals surface area contributed by atoms with E-state index in [9.17, 15) is 0 Å². The van der Waals surface area contributed by atoms with Crippen LogP contribution in [0.5, 0.6) is 0 Å². The molecular formula is C11H15N3S. The normalized spacial score (nSPS) is 25.2. The van der Waals surface area contributed by atoms with Crippen molar-refractivity contribution >= 4 is 11.8 Å². The maximum atomic E-state index is 4.72. The summed E-state index contributed by atoms with van der Waals surface area (Å²) in [7, 11) is 0. The Hall–Kier alpha value is -0.610. The fourth-order valence-corrected chi connectivity index (χ4v) is 3.40. The lowest BCUT2D eigenvalue weighted by atomic mass is 10.1. The van der Waals surface area contributed by atoms with Crippen molar-refractivity contribution in [1.29, 1.82) is 0 Å². The number of hydrogen-bond acceptors (Lipinski definition) is 4. The van der Waals surface area contributed by atoms with E-state index >= 15 is 0 Å². The lowest BCUT2D eigenvalue weighted by Gasteiger charge is -2.17. The van der Waals surface area contributed by atoms with Crippen LogP contribution in [0.4, 0.5) is 0 Å². The molecular weight excluding hydrogens is 206 g/mol. The van der Waals surface area contributed by atoms with Crippen LogP contribution in [-0.4, -0.2) is 22.3 Å². The van der Waals surface area contributed by atoms with E-state index < -0.39 is 0 Å². The second-order valence-electron chi connectivity index (χ2n) is 4.13. The number of fused-ring (bicyclic) bond motifs is 1. The minimum absolute atomic E-state index is 0.560. The first kappa shape index (κ1) is 9.60. The van der Waals surface area contributed by atoms with E-state index in [1.807, 2.05) is 18.0 Å². The van der Waals surface area contributed by atoms with Crippen LogP contribution in [0, 0.1) is 0 Å². The minimum Gasteiger partial charge on any atom is -0.312 e. The predicted octanol–water partition coefficient (Wildman–Crippen LogP) is 1.69. The van der Waals surface area contributed by atoms with Crippen molar-refractivity contribution in [3.8, 4) is 0 Å². The van der Waals surface area contributed by atoms with Gasteiger partial charge in [-0.1, -0.05) is 0 Å². The zero-order valence-electron chi connectivity index (χ0n) is 8.70. The van der Waals surface area contributed by atoms with Crippen LogP contribution in [0.15, 0.2) is 6.20 Å². The molecule has 1 atom stereocenters. The zero-order valence-corrected chi connectivity index (χ0v) is 9.52. The highest BCUT2D eigenvalue weighted by Gasteiger charge is 2.21. The van der Waals surface area contributed by atoms with Gasteiger partial charge >= 0.3 is 0 Å². The van der Waals surface area contributed by atoms with E-state index in [4.69, 9.17) is 4.98 Å². The second kappa shape index (κ2) is 4.10. The van der Waals surface area contributed by atoms with E-state index in [1.54, 1.807) is 0 Å². The van der Waals surface area contributed by atoms with Crippen LogP contribution in [-0.2, 0) is 13.0 Å². The molecule has 1 fully saturated rings. The highest BCUT2D eigenvalue weighted by atomic mass is 32.2. The van der Waals surface area contributed by atoms with E-state index in [0.717, 1.165) is 25.3 Å². The van der Waals surface area contributed by atoms with Crippen molar-refractivity contribution in [2.24, 2.45) is 0 Å². The molecule has 1 aromatic rings. The number of rotatable bonds is 1. The van der Waals surface area contributed by atoms with Gasteiger partial charge in [-0.3, -0.25) is 0 Å². The molecule has 4 heteroatoms. The lowest BCUT2D eigenvalue weighted by molar-refractivity contribution is 0.617. The SMILES string of the molecule is c1nc(C2CCCS2)nc2c1CNCC2. The summed E-state index contributed by atoms with van der Waals surface area (Å²) in [6.45, 7) is 1.99. The Kier molecular flexibility index (Phi) is 2.63. The third-order valence-corrected chi connectivity index (χ3v) is 4.42. The summed E-state index contributed by atoms with van der Waals surface area (Å²) >= 11 is 2.01. The fraction of sp³-hybridized carbons (Fsp3) is 0.636. The molecule has 0 aliphatic carbocycles. The van der Waals surface area contributed by atoms with Crippen LogP contribution in [0.25, 0.3) is 0 Å². The van der Waals surface area contributed by atoms with Gasteiger partial charge in [0, 0.05) is 37.0 Å². The monoisotopic (exact) mass is 221 g/mol. The largest absolute Gasteiger partial charge is 0.312 e. The topological polar surface area (TPSA) is 37.8 Å². The quantitative estimate of drug-likeness (QED) is 0.783. The number of aromatic nitrogens is 2. The molecule has 1 unspecified atom stereocenters. The van der Waals surface area contributed by atoms with Crippen LogP contribution in [0.2, 0.25) is 0 Å². The molecule has 0 bridgehead atoms. The van der Waals surface area contributed by atoms with Gasteiger partial charge in [0.25, 0.3) is 0 Å². The van der Waals surface area contributed by atoms with Crippen molar-refractivity contribution in [3.05, 3.63) is 23.3 Å². The third-order valence-electron chi connectivity index (χ3n) is 3.04. The number of nitrogens with zero attached hydrogens (tertiary/aromatic N) is 2. The van der Waals surface area contributed by atoms with Gasteiger partial charge in [0.2, 0.25) is 0 Å². The Labute approximate surface area is 94.1 Å². The zero-order chi connectivity index (χ0) is 10.1. The molecule has 1 aromatic heterocycles. The summed E-state index contributed by atoms with van der Waals surface area (Å²) in [5.74, 6) is 2.34. The summed E-state index contributed by atoms with van der Waals surface area (Å²) in [6.07, 6.45) is 5.64. The summed E-state index contributed by atoms with van der Waals surface area (Å²) < 4.78 is 0. The maximum Gasteiger partial charge on any atom is 0.141 e. The molecule has 3 nitrogen and oxygen atoms in total. The highest BCUT2D eigenvalue weighted by molar-refractivity contribution is 7.99. The first-order chi connectivity index (χ1) is 7.43. The summed E-state index contributed by atoms with van der Waals surface area (Å²) in [5.41, 5.74) is 2.55. The molecule has 80 valence electrons. The van der Waals surface area contributed by atoms with Crippen LogP contribution < -0.4 is 5.32 Å². The molecule has 15 heavy (non-hydrogen) atoms. The standard InChI is InChI=1S/C11H15N3S/c1-2-10(15-5-1)11-13-7-8-6-12-4-3-9(8)14-11/h7,10,12H,1-6H2. The Bertz CT molecular complexity index is 361. The average molecular weight is 221 g/mol. The molecule has 0 saturated carbocycles. The molecule has 2 aliphatic rings. The highest BCUT2D eigenvalue weighted by Crippen LogP contribution is 2.38. The van der Waals surface area contributed by atoms with Gasteiger partial charge in [-0.25, -0.2) is 9.97 Å². The molecule has 1 saturated heterocycles. The van der Waals surface area contributed by atoms with Crippen molar-refractivity contribution < 1.29 is 0 Å². The van der Waals surface area contributed by atoms with Gasteiger partial charge in [-0.15, -0.1) is 0 Å². The molecule has 0 spiro atoms. The van der Waals surface area contributed by atoms with Gasteiger partial charge in [0.15, 0.2) is 0 Å². The Balaban J connectivity index is 1.89. The maximum absolute atomic E-state index is 4.72. The molecule has 1 N–H and O–H groups in total. The third kappa shape index (κ3) is 1.88. The van der Waals surface area contributed by atoms with Gasteiger partial charge in [0.1, 0.15) is 5.82 Å². The first-order valence-corrected chi connectivity index (χ1v) is 6.65. The minimum atomic E-state index is 0.560. The smallest absolute Gasteiger partial charge is 0.141 e. The summed E-state index contributed by atoms with van der Waals surface area (Å²) in [4.78, 5) is 9.23. The van der Waals surface area contributed by atoms with Crippen molar-refractivity contribution in [2.75, 3.05) is 12.3 Å². The molecule has 0 aromatic carbocycles. The van der Waals surface area contributed by atoms with Gasteiger partial charge in [-0.2, -0.15) is 11.8 Å². The Morgan fingerprint density at radius 1 is 1.47 bits per heavy atom. The Morgan fingerprint density at radius 2 is 2.47 bits per heavy atom. The van der Waals surface area contributed by atoms with Crippen molar-refractivity contribution in [3.63, 3.8) is 0 Å². The number of nitrogens with one attached hydrogen (secondary N) is 1. The molecule has 3 rings (SSSR count). The second-order valence-corrected chi connectivity index (χ2v) is 5.44. The Morgan fingerprint density at radius 3 is 3.33 bits per heavy atom.